The van der Waals surface area contributed by atoms with Crippen LogP contribution in [0.3, 0.4) is 0 Å². The number of esters is 1. The summed E-state index contributed by atoms with van der Waals surface area (Å²) < 4.78 is 10.3. The average molecular weight is 560 g/mol. The van der Waals surface area contributed by atoms with E-state index in [1.807, 2.05) is 72.8 Å². The maximum Gasteiger partial charge on any atom is 0.411 e. The summed E-state index contributed by atoms with van der Waals surface area (Å²) in [5, 5.41) is 2.65. The summed E-state index contributed by atoms with van der Waals surface area (Å²) in [5.41, 5.74) is 7.17. The Bertz CT molecular complexity index is 1460. The van der Waals surface area contributed by atoms with Gasteiger partial charge in [0.15, 0.2) is 0 Å². The molecule has 0 aliphatic rings. The lowest BCUT2D eigenvalue weighted by atomic mass is 10.0. The average Bonchev–Trinajstić information content (AvgIpc) is 3.00. The summed E-state index contributed by atoms with van der Waals surface area (Å²) in [7, 11) is 0. The molecule has 0 unspecified atom stereocenters. The number of anilines is 1. The monoisotopic (exact) mass is 559 g/mol. The second kappa shape index (κ2) is 15.3. The Labute approximate surface area is 244 Å². The molecule has 0 atom stereocenters. The van der Waals surface area contributed by atoms with Crippen LogP contribution in [0.1, 0.15) is 27.8 Å². The van der Waals surface area contributed by atoms with Crippen LogP contribution < -0.4 is 5.32 Å². The van der Waals surface area contributed by atoms with Gasteiger partial charge >= 0.3 is 12.1 Å². The lowest BCUT2D eigenvalue weighted by Crippen LogP contribution is -2.18. The van der Waals surface area contributed by atoms with E-state index in [0.717, 1.165) is 39.9 Å². The van der Waals surface area contributed by atoms with Crippen LogP contribution in [0.5, 0.6) is 0 Å². The number of nitrogens with zero attached hydrogens (tertiary/aromatic N) is 2. The van der Waals surface area contributed by atoms with E-state index >= 15 is 0 Å². The first-order valence-electron chi connectivity index (χ1n) is 13.3. The molecule has 210 valence electrons. The summed E-state index contributed by atoms with van der Waals surface area (Å²) in [6.07, 6.45) is 2.47. The van der Waals surface area contributed by atoms with Gasteiger partial charge in [0.25, 0.3) is 0 Å². The van der Waals surface area contributed by atoms with Crippen molar-refractivity contribution in [1.29, 1.82) is 0 Å². The van der Waals surface area contributed by atoms with Crippen molar-refractivity contribution in [2.75, 3.05) is 18.5 Å². The van der Waals surface area contributed by atoms with Crippen molar-refractivity contribution < 1.29 is 23.9 Å². The summed E-state index contributed by atoms with van der Waals surface area (Å²) in [6.45, 7) is 3.38. The molecule has 8 nitrogen and oxygen atoms in total. The van der Waals surface area contributed by atoms with Crippen molar-refractivity contribution in [3.63, 3.8) is 0 Å². The number of amides is 1. The van der Waals surface area contributed by atoms with Gasteiger partial charge in [-0.2, -0.15) is 4.99 Å². The molecule has 0 saturated heterocycles. The van der Waals surface area contributed by atoms with Gasteiger partial charge in [-0.1, -0.05) is 60.7 Å². The molecule has 8 heteroatoms. The van der Waals surface area contributed by atoms with Crippen LogP contribution in [0.15, 0.2) is 114 Å². The van der Waals surface area contributed by atoms with Gasteiger partial charge < -0.3 is 9.47 Å². The highest BCUT2D eigenvalue weighted by Gasteiger charge is 2.08. The number of isocyanates is 1. The zero-order valence-electron chi connectivity index (χ0n) is 22.9. The highest BCUT2D eigenvalue weighted by atomic mass is 16.6. The molecule has 0 aromatic heterocycles. The lowest BCUT2D eigenvalue weighted by Gasteiger charge is -2.09. The minimum Gasteiger partial charge on any atom is -0.462 e. The summed E-state index contributed by atoms with van der Waals surface area (Å²) in [5.74, 6) is 2.12. The second-order valence-electron chi connectivity index (χ2n) is 9.33. The SMILES string of the molecule is C=C=Nc1ccc(Cc2ccc(CC(=O)OCCOC(=O)Nc3ccc(Cc4ccc(N=C=O)cc4)cc3)cc2)cc1. The summed E-state index contributed by atoms with van der Waals surface area (Å²) in [6, 6.07) is 30.3. The van der Waals surface area contributed by atoms with E-state index < -0.39 is 12.1 Å². The third-order valence-corrected chi connectivity index (χ3v) is 6.22. The standard InChI is InChI=1S/C34H29N3O5/c1-2-35-30-13-7-26(8-14-30)21-25-3-5-29(6-4-25)23-33(39)41-19-20-42-34(40)37-32-17-11-28(12-18-32)22-27-9-15-31(16-10-27)36-24-38/h3-18H,1,19-23H2,(H,37,40). The van der Waals surface area contributed by atoms with Gasteiger partial charge in [0.2, 0.25) is 6.08 Å². The van der Waals surface area contributed by atoms with Gasteiger partial charge in [-0.15, -0.1) is 0 Å². The van der Waals surface area contributed by atoms with Gasteiger partial charge in [-0.3, -0.25) is 10.1 Å². The van der Waals surface area contributed by atoms with E-state index in [1.54, 1.807) is 24.3 Å². The second-order valence-corrected chi connectivity index (χ2v) is 9.33. The summed E-state index contributed by atoms with van der Waals surface area (Å²) >= 11 is 0. The van der Waals surface area contributed by atoms with Crippen molar-refractivity contribution in [2.45, 2.75) is 19.3 Å². The van der Waals surface area contributed by atoms with E-state index in [9.17, 15) is 14.4 Å². The number of nitrogens with one attached hydrogen (secondary N) is 1. The molecule has 0 spiro atoms. The normalized spacial score (nSPS) is 10.1. The van der Waals surface area contributed by atoms with Crippen LogP contribution in [-0.2, 0) is 38.3 Å². The van der Waals surface area contributed by atoms with Crippen LogP contribution in [0.2, 0.25) is 0 Å². The first kappa shape index (κ1) is 29.4. The Balaban J connectivity index is 1.13. The fourth-order valence-electron chi connectivity index (χ4n) is 4.13. The third kappa shape index (κ3) is 9.57. The first-order chi connectivity index (χ1) is 20.5. The number of hydrogen-bond donors (Lipinski definition) is 1. The number of carbonyl (C=O) groups is 2. The van der Waals surface area contributed by atoms with Gasteiger partial charge in [-0.25, -0.2) is 14.6 Å². The van der Waals surface area contributed by atoms with Crippen molar-refractivity contribution >= 4 is 41.1 Å². The van der Waals surface area contributed by atoms with Gasteiger partial charge in [0, 0.05) is 5.69 Å². The molecule has 0 aliphatic heterocycles. The molecule has 0 aliphatic carbocycles. The Morgan fingerprint density at radius 2 is 1.10 bits per heavy atom. The largest absolute Gasteiger partial charge is 0.462 e. The molecule has 4 aromatic rings. The van der Waals surface area contributed by atoms with Crippen molar-refractivity contribution in [2.24, 2.45) is 9.98 Å². The maximum absolute atomic E-state index is 12.2. The maximum atomic E-state index is 12.2. The number of hydrogen-bond acceptors (Lipinski definition) is 7. The van der Waals surface area contributed by atoms with E-state index in [4.69, 9.17) is 9.47 Å². The number of rotatable bonds is 12. The number of benzene rings is 4. The fourth-order valence-corrected chi connectivity index (χ4v) is 4.13. The van der Waals surface area contributed by atoms with E-state index in [2.05, 4.69) is 27.8 Å². The Kier molecular flexibility index (Phi) is 10.7. The lowest BCUT2D eigenvalue weighted by molar-refractivity contribution is -0.143. The first-order valence-corrected chi connectivity index (χ1v) is 13.3. The molecule has 0 heterocycles. The van der Waals surface area contributed by atoms with E-state index in [1.165, 1.54) is 6.08 Å². The van der Waals surface area contributed by atoms with Crippen LogP contribution in [0, 0.1) is 0 Å². The zero-order valence-corrected chi connectivity index (χ0v) is 22.9. The Morgan fingerprint density at radius 3 is 1.62 bits per heavy atom. The van der Waals surface area contributed by atoms with Crippen LogP contribution >= 0.6 is 0 Å². The Morgan fingerprint density at radius 1 is 0.643 bits per heavy atom. The van der Waals surface area contributed by atoms with E-state index in [-0.39, 0.29) is 19.6 Å². The molecule has 1 amide bonds. The molecule has 4 aromatic carbocycles. The highest BCUT2D eigenvalue weighted by molar-refractivity contribution is 5.84. The van der Waals surface area contributed by atoms with Crippen LogP contribution in [-0.4, -0.2) is 37.2 Å². The molecule has 42 heavy (non-hydrogen) atoms. The molecular formula is C34H29N3O5. The van der Waals surface area contributed by atoms with Crippen molar-refractivity contribution in [3.05, 3.63) is 131 Å². The molecule has 1 N–H and O–H groups in total. The summed E-state index contributed by atoms with van der Waals surface area (Å²) in [4.78, 5) is 42.2. The molecule has 0 radical (unpaired) electrons. The highest BCUT2D eigenvalue weighted by Crippen LogP contribution is 2.18. The predicted octanol–water partition coefficient (Wildman–Crippen LogP) is 6.66. The van der Waals surface area contributed by atoms with Gasteiger partial charge in [0.1, 0.15) is 13.2 Å². The van der Waals surface area contributed by atoms with E-state index in [0.29, 0.717) is 17.8 Å². The smallest absolute Gasteiger partial charge is 0.411 e. The molecule has 0 fully saturated rings. The van der Waals surface area contributed by atoms with Gasteiger partial charge in [0.05, 0.1) is 17.8 Å². The number of carbonyl (C=O) groups excluding carboxylic acids is 3. The minimum atomic E-state index is -0.635. The number of aliphatic imine (C=N–C) groups is 2. The molecule has 0 bridgehead atoms. The zero-order chi connectivity index (χ0) is 29.6. The minimum absolute atomic E-state index is 0.0356. The van der Waals surface area contributed by atoms with Gasteiger partial charge in [-0.05, 0) is 89.5 Å². The molecular weight excluding hydrogens is 530 g/mol. The van der Waals surface area contributed by atoms with Crippen LogP contribution in [0.4, 0.5) is 21.9 Å². The topological polar surface area (TPSA) is 106 Å². The molecule has 0 saturated carbocycles. The van der Waals surface area contributed by atoms with Crippen molar-refractivity contribution in [1.82, 2.24) is 0 Å². The molecule has 4 rings (SSSR count). The predicted molar refractivity (Wildman–Crippen MR) is 162 cm³/mol. The quantitative estimate of drug-likeness (QED) is 0.0904. The Hall–Kier alpha value is -5.55. The fraction of sp³-hybridized carbons (Fsp3) is 0.147. The van der Waals surface area contributed by atoms with Crippen LogP contribution in [0.25, 0.3) is 0 Å². The third-order valence-electron chi connectivity index (χ3n) is 6.22. The van der Waals surface area contributed by atoms with Crippen molar-refractivity contribution in [3.8, 4) is 0 Å². The number of ether oxygens (including phenoxy) is 2.